The van der Waals surface area contributed by atoms with Gasteiger partial charge in [0, 0.05) is 12.6 Å². The van der Waals surface area contributed by atoms with Crippen LogP contribution in [0.5, 0.6) is 0 Å². The highest BCUT2D eigenvalue weighted by Crippen LogP contribution is 2.29. The van der Waals surface area contributed by atoms with E-state index in [0.29, 0.717) is 5.92 Å². The van der Waals surface area contributed by atoms with E-state index in [2.05, 4.69) is 30.4 Å². The standard InChI is InChI=1S/C14H22N2O/c1-10-5-4-6-11(2)14(10)9-15-8-13-7-12(3)16-17-13/h5,7,11,14-15H,4,6,8-9H2,1-3H3. The second-order valence-corrected chi connectivity index (χ2v) is 5.17. The first-order chi connectivity index (χ1) is 8.16. The van der Waals surface area contributed by atoms with Crippen LogP contribution < -0.4 is 5.32 Å². The van der Waals surface area contributed by atoms with Crippen LogP contribution >= 0.6 is 0 Å². The average molecular weight is 234 g/mol. The molecule has 0 radical (unpaired) electrons. The highest BCUT2D eigenvalue weighted by molar-refractivity contribution is 5.09. The molecule has 0 amide bonds. The third-order valence-electron chi connectivity index (χ3n) is 3.70. The van der Waals surface area contributed by atoms with Gasteiger partial charge in [0.25, 0.3) is 0 Å². The van der Waals surface area contributed by atoms with E-state index in [9.17, 15) is 0 Å². The predicted molar refractivity (Wildman–Crippen MR) is 68.6 cm³/mol. The van der Waals surface area contributed by atoms with Crippen LogP contribution in [0.3, 0.4) is 0 Å². The molecule has 94 valence electrons. The third kappa shape index (κ3) is 3.19. The molecule has 0 saturated heterocycles. The van der Waals surface area contributed by atoms with Crippen molar-refractivity contribution in [2.45, 2.75) is 40.2 Å². The lowest BCUT2D eigenvalue weighted by atomic mass is 9.80. The second-order valence-electron chi connectivity index (χ2n) is 5.17. The molecule has 17 heavy (non-hydrogen) atoms. The minimum atomic E-state index is 0.674. The molecule has 3 nitrogen and oxygen atoms in total. The molecule has 0 bridgehead atoms. The van der Waals surface area contributed by atoms with Crippen molar-refractivity contribution >= 4 is 0 Å². The Hall–Kier alpha value is -1.09. The molecule has 1 heterocycles. The lowest BCUT2D eigenvalue weighted by molar-refractivity contribution is 0.331. The van der Waals surface area contributed by atoms with Crippen molar-refractivity contribution in [1.82, 2.24) is 10.5 Å². The van der Waals surface area contributed by atoms with Gasteiger partial charge in [-0.05, 0) is 38.5 Å². The van der Waals surface area contributed by atoms with Crippen LogP contribution in [-0.4, -0.2) is 11.7 Å². The Morgan fingerprint density at radius 2 is 2.29 bits per heavy atom. The SMILES string of the molecule is CC1=CCCC(C)C1CNCc1cc(C)no1. The minimum absolute atomic E-state index is 0.674. The molecule has 1 aromatic rings. The highest BCUT2D eigenvalue weighted by atomic mass is 16.5. The maximum absolute atomic E-state index is 5.18. The van der Waals surface area contributed by atoms with Crippen LogP contribution in [-0.2, 0) is 6.54 Å². The van der Waals surface area contributed by atoms with E-state index in [1.54, 1.807) is 0 Å². The molecular weight excluding hydrogens is 212 g/mol. The Balaban J connectivity index is 1.81. The van der Waals surface area contributed by atoms with Crippen molar-refractivity contribution < 1.29 is 4.52 Å². The van der Waals surface area contributed by atoms with Gasteiger partial charge in [0.05, 0.1) is 12.2 Å². The smallest absolute Gasteiger partial charge is 0.150 e. The number of aryl methyl sites for hydroxylation is 1. The molecule has 1 N–H and O–H groups in total. The van der Waals surface area contributed by atoms with E-state index in [-0.39, 0.29) is 0 Å². The number of aromatic nitrogens is 1. The van der Waals surface area contributed by atoms with Crippen LogP contribution in [0.2, 0.25) is 0 Å². The van der Waals surface area contributed by atoms with Gasteiger partial charge in [0.15, 0.2) is 5.76 Å². The fourth-order valence-corrected chi connectivity index (χ4v) is 2.59. The number of hydrogen-bond acceptors (Lipinski definition) is 3. The second kappa shape index (κ2) is 5.50. The van der Waals surface area contributed by atoms with Crippen LogP contribution in [0.15, 0.2) is 22.2 Å². The van der Waals surface area contributed by atoms with Crippen LogP contribution in [0, 0.1) is 18.8 Å². The van der Waals surface area contributed by atoms with Gasteiger partial charge in [0.1, 0.15) is 0 Å². The zero-order valence-corrected chi connectivity index (χ0v) is 11.0. The zero-order valence-electron chi connectivity index (χ0n) is 11.0. The summed E-state index contributed by atoms with van der Waals surface area (Å²) in [5, 5.41) is 7.36. The first-order valence-electron chi connectivity index (χ1n) is 6.46. The van der Waals surface area contributed by atoms with Crippen molar-refractivity contribution in [3.63, 3.8) is 0 Å². The van der Waals surface area contributed by atoms with Crippen LogP contribution in [0.1, 0.15) is 38.1 Å². The molecule has 2 unspecified atom stereocenters. The molecule has 0 saturated carbocycles. The molecular formula is C14H22N2O. The van der Waals surface area contributed by atoms with E-state index in [4.69, 9.17) is 4.52 Å². The summed E-state index contributed by atoms with van der Waals surface area (Å²) in [7, 11) is 0. The van der Waals surface area contributed by atoms with E-state index in [0.717, 1.165) is 30.5 Å². The molecule has 0 aliphatic heterocycles. The molecule has 0 spiro atoms. The molecule has 1 aromatic heterocycles. The Labute approximate surface area is 103 Å². The number of nitrogens with zero attached hydrogens (tertiary/aromatic N) is 1. The van der Waals surface area contributed by atoms with Gasteiger partial charge in [-0.1, -0.05) is 23.7 Å². The highest BCUT2D eigenvalue weighted by Gasteiger charge is 2.21. The Kier molecular flexibility index (Phi) is 4.00. The van der Waals surface area contributed by atoms with E-state index >= 15 is 0 Å². The third-order valence-corrected chi connectivity index (χ3v) is 3.70. The molecule has 0 fully saturated rings. The zero-order chi connectivity index (χ0) is 12.3. The molecule has 2 atom stereocenters. The number of hydrogen-bond donors (Lipinski definition) is 1. The lowest BCUT2D eigenvalue weighted by Gasteiger charge is -2.28. The van der Waals surface area contributed by atoms with Gasteiger partial charge < -0.3 is 9.84 Å². The van der Waals surface area contributed by atoms with Gasteiger partial charge in [-0.3, -0.25) is 0 Å². The minimum Gasteiger partial charge on any atom is -0.360 e. The lowest BCUT2D eigenvalue weighted by Crippen LogP contribution is -2.29. The van der Waals surface area contributed by atoms with Gasteiger partial charge in [-0.2, -0.15) is 0 Å². The molecule has 3 heteroatoms. The number of allylic oxidation sites excluding steroid dienone is 1. The van der Waals surface area contributed by atoms with Crippen molar-refractivity contribution in [2.24, 2.45) is 11.8 Å². The van der Waals surface area contributed by atoms with Gasteiger partial charge in [0.2, 0.25) is 0 Å². The van der Waals surface area contributed by atoms with Crippen molar-refractivity contribution in [1.29, 1.82) is 0 Å². The maximum Gasteiger partial charge on any atom is 0.150 e. The predicted octanol–water partition coefficient (Wildman–Crippen LogP) is 3.07. The average Bonchev–Trinajstić information content (AvgIpc) is 2.69. The Morgan fingerprint density at radius 1 is 1.47 bits per heavy atom. The maximum atomic E-state index is 5.18. The summed E-state index contributed by atoms with van der Waals surface area (Å²) >= 11 is 0. The first kappa shape index (κ1) is 12.4. The molecule has 0 aromatic carbocycles. The molecule has 1 aliphatic rings. The van der Waals surface area contributed by atoms with Crippen LogP contribution in [0.25, 0.3) is 0 Å². The summed E-state index contributed by atoms with van der Waals surface area (Å²) in [5.74, 6) is 2.38. The summed E-state index contributed by atoms with van der Waals surface area (Å²) in [4.78, 5) is 0. The largest absolute Gasteiger partial charge is 0.360 e. The first-order valence-corrected chi connectivity index (χ1v) is 6.46. The topological polar surface area (TPSA) is 38.1 Å². The summed E-state index contributed by atoms with van der Waals surface area (Å²) in [6.07, 6.45) is 4.93. The summed E-state index contributed by atoms with van der Waals surface area (Å²) in [5.41, 5.74) is 2.48. The quantitative estimate of drug-likeness (QED) is 0.814. The Morgan fingerprint density at radius 3 is 2.94 bits per heavy atom. The van der Waals surface area contributed by atoms with Crippen molar-refractivity contribution in [3.8, 4) is 0 Å². The fraction of sp³-hybridized carbons (Fsp3) is 0.643. The fourth-order valence-electron chi connectivity index (χ4n) is 2.59. The number of rotatable bonds is 4. The van der Waals surface area contributed by atoms with Crippen molar-refractivity contribution in [2.75, 3.05) is 6.54 Å². The van der Waals surface area contributed by atoms with E-state index in [1.165, 1.54) is 18.4 Å². The van der Waals surface area contributed by atoms with Gasteiger partial charge in [-0.15, -0.1) is 0 Å². The van der Waals surface area contributed by atoms with Gasteiger partial charge >= 0.3 is 0 Å². The normalized spacial score (nSPS) is 24.8. The molecule has 2 rings (SSSR count). The van der Waals surface area contributed by atoms with E-state index in [1.807, 2.05) is 13.0 Å². The Bertz CT molecular complexity index is 395. The summed E-state index contributed by atoms with van der Waals surface area (Å²) < 4.78 is 5.18. The summed E-state index contributed by atoms with van der Waals surface area (Å²) in [6.45, 7) is 8.35. The number of nitrogens with one attached hydrogen (secondary N) is 1. The van der Waals surface area contributed by atoms with E-state index < -0.39 is 0 Å². The monoisotopic (exact) mass is 234 g/mol. The summed E-state index contributed by atoms with van der Waals surface area (Å²) in [6, 6.07) is 1.99. The van der Waals surface area contributed by atoms with Crippen LogP contribution in [0.4, 0.5) is 0 Å². The molecule has 1 aliphatic carbocycles. The van der Waals surface area contributed by atoms with Crippen molar-refractivity contribution in [3.05, 3.63) is 29.2 Å². The van der Waals surface area contributed by atoms with Gasteiger partial charge in [-0.25, -0.2) is 0 Å².